The second-order valence-corrected chi connectivity index (χ2v) is 7.91. The molecule has 1 aromatic rings. The molecule has 2 rings (SSSR count). The molecule has 18 heavy (non-hydrogen) atoms. The fourth-order valence-electron chi connectivity index (χ4n) is 2.12. The van der Waals surface area contributed by atoms with Crippen molar-refractivity contribution >= 4 is 21.4 Å². The van der Waals surface area contributed by atoms with Crippen LogP contribution in [-0.4, -0.2) is 31.7 Å². The first-order valence-electron chi connectivity index (χ1n) is 6.05. The van der Waals surface area contributed by atoms with Gasteiger partial charge >= 0.3 is 0 Å². The van der Waals surface area contributed by atoms with E-state index in [9.17, 15) is 8.42 Å². The number of piperidine rings is 1. The number of rotatable bonds is 4. The van der Waals surface area contributed by atoms with E-state index < -0.39 is 15.6 Å². The summed E-state index contributed by atoms with van der Waals surface area (Å²) in [6.07, 6.45) is 3.03. The van der Waals surface area contributed by atoms with Gasteiger partial charge in [0.15, 0.2) is 0 Å². The fourth-order valence-corrected chi connectivity index (χ4v) is 4.73. The number of nitrogens with one attached hydrogen (secondary N) is 2. The topological polar surface area (TPSA) is 71.1 Å². The molecule has 0 aliphatic carbocycles. The molecule has 0 saturated carbocycles. The lowest BCUT2D eigenvalue weighted by Crippen LogP contribution is -2.48. The lowest BCUT2D eigenvalue weighted by Gasteiger charge is -2.29. The van der Waals surface area contributed by atoms with Crippen molar-refractivity contribution in [2.24, 2.45) is 0 Å². The Bertz CT molecular complexity index is 476. The quantitative estimate of drug-likeness (QED) is 0.869. The van der Waals surface area contributed by atoms with E-state index >= 15 is 0 Å². The van der Waals surface area contributed by atoms with Crippen LogP contribution in [0.25, 0.3) is 0 Å². The van der Waals surface area contributed by atoms with Gasteiger partial charge in [0.05, 0.1) is 10.8 Å². The van der Waals surface area contributed by atoms with Gasteiger partial charge in [-0.2, -0.15) is 0 Å². The second-order valence-electron chi connectivity index (χ2n) is 5.06. The summed E-state index contributed by atoms with van der Waals surface area (Å²) in [4.78, 5) is 4.20. The number of nitrogens with zero attached hydrogens (tertiary/aromatic N) is 1. The van der Waals surface area contributed by atoms with Crippen molar-refractivity contribution in [1.82, 2.24) is 15.0 Å². The van der Waals surface area contributed by atoms with E-state index in [-0.39, 0.29) is 5.25 Å². The van der Waals surface area contributed by atoms with Crippen molar-refractivity contribution in [3.8, 4) is 0 Å². The van der Waals surface area contributed by atoms with Crippen LogP contribution in [0.15, 0.2) is 11.6 Å². The first-order valence-corrected chi connectivity index (χ1v) is 8.48. The molecule has 1 aromatic heterocycles. The van der Waals surface area contributed by atoms with Crippen molar-refractivity contribution in [2.75, 3.05) is 13.1 Å². The van der Waals surface area contributed by atoms with Gasteiger partial charge in [-0.05, 0) is 39.8 Å². The molecule has 0 atom stereocenters. The Labute approximate surface area is 112 Å². The third kappa shape index (κ3) is 3.09. The predicted molar refractivity (Wildman–Crippen MR) is 73.1 cm³/mol. The standard InChI is InChI=1S/C11H19N3O2S2/c1-11(2,10-13-7-8-17-10)14-18(15,16)9-3-5-12-6-4-9/h7-9,12,14H,3-6H2,1-2H3. The van der Waals surface area contributed by atoms with Crippen molar-refractivity contribution in [1.29, 1.82) is 0 Å². The molecule has 0 amide bonds. The van der Waals surface area contributed by atoms with Crippen molar-refractivity contribution in [3.05, 3.63) is 16.6 Å². The maximum Gasteiger partial charge on any atom is 0.215 e. The molecule has 1 aliphatic rings. The number of thiazole rings is 1. The maximum absolute atomic E-state index is 12.3. The zero-order chi connectivity index (χ0) is 13.2. The molecule has 7 heteroatoms. The molecule has 102 valence electrons. The minimum absolute atomic E-state index is 0.294. The summed E-state index contributed by atoms with van der Waals surface area (Å²) in [6, 6.07) is 0. The third-order valence-corrected chi connectivity index (χ3v) is 6.33. The van der Waals surface area contributed by atoms with Gasteiger partial charge in [0.1, 0.15) is 5.01 Å². The summed E-state index contributed by atoms with van der Waals surface area (Å²) in [5.41, 5.74) is -0.641. The van der Waals surface area contributed by atoms with Crippen molar-refractivity contribution in [2.45, 2.75) is 37.5 Å². The summed E-state index contributed by atoms with van der Waals surface area (Å²) in [6.45, 7) is 5.24. The molecule has 1 aliphatic heterocycles. The van der Waals surface area contributed by atoms with E-state index in [4.69, 9.17) is 0 Å². The van der Waals surface area contributed by atoms with Gasteiger partial charge in [0.25, 0.3) is 0 Å². The SMILES string of the molecule is CC(C)(NS(=O)(=O)C1CCNCC1)c1nccs1. The van der Waals surface area contributed by atoms with Crippen LogP contribution in [-0.2, 0) is 15.6 Å². The van der Waals surface area contributed by atoms with Gasteiger partial charge in [-0.1, -0.05) is 0 Å². The largest absolute Gasteiger partial charge is 0.317 e. The molecule has 1 fully saturated rings. The van der Waals surface area contributed by atoms with Gasteiger partial charge in [0, 0.05) is 11.6 Å². The van der Waals surface area contributed by atoms with Gasteiger partial charge in [-0.25, -0.2) is 18.1 Å². The molecule has 0 unspecified atom stereocenters. The predicted octanol–water partition coefficient (Wildman–Crippen LogP) is 1.05. The van der Waals surface area contributed by atoms with E-state index in [0.717, 1.165) is 18.1 Å². The molecule has 1 saturated heterocycles. The Morgan fingerprint density at radius 1 is 1.44 bits per heavy atom. The van der Waals surface area contributed by atoms with Crippen LogP contribution < -0.4 is 10.0 Å². The van der Waals surface area contributed by atoms with Crippen molar-refractivity contribution < 1.29 is 8.42 Å². The Morgan fingerprint density at radius 3 is 2.67 bits per heavy atom. The Kier molecular flexibility index (Phi) is 4.05. The fraction of sp³-hybridized carbons (Fsp3) is 0.727. The highest BCUT2D eigenvalue weighted by atomic mass is 32.2. The molecule has 5 nitrogen and oxygen atoms in total. The van der Waals surface area contributed by atoms with E-state index in [2.05, 4.69) is 15.0 Å². The third-order valence-electron chi connectivity index (χ3n) is 3.09. The highest BCUT2D eigenvalue weighted by molar-refractivity contribution is 7.90. The van der Waals surface area contributed by atoms with Crippen LogP contribution in [0.3, 0.4) is 0 Å². The average Bonchev–Trinajstić information content (AvgIpc) is 2.83. The molecule has 0 bridgehead atoms. The van der Waals surface area contributed by atoms with Gasteiger partial charge in [0.2, 0.25) is 10.0 Å². The number of aromatic nitrogens is 1. The molecule has 2 N–H and O–H groups in total. The van der Waals surface area contributed by atoms with Crippen LogP contribution in [0, 0.1) is 0 Å². The lowest BCUT2D eigenvalue weighted by atomic mass is 10.1. The van der Waals surface area contributed by atoms with E-state index in [1.54, 1.807) is 6.20 Å². The first kappa shape index (κ1) is 13.9. The van der Waals surface area contributed by atoms with Crippen LogP contribution in [0.2, 0.25) is 0 Å². The van der Waals surface area contributed by atoms with Gasteiger partial charge in [-0.3, -0.25) is 0 Å². The summed E-state index contributed by atoms with van der Waals surface area (Å²) >= 11 is 1.47. The highest BCUT2D eigenvalue weighted by Crippen LogP contribution is 2.25. The van der Waals surface area contributed by atoms with Crippen LogP contribution in [0.4, 0.5) is 0 Å². The number of hydrogen-bond acceptors (Lipinski definition) is 5. The second kappa shape index (κ2) is 5.24. The zero-order valence-corrected chi connectivity index (χ0v) is 12.3. The molecule has 0 radical (unpaired) electrons. The van der Waals surface area contributed by atoms with Gasteiger partial charge in [-0.15, -0.1) is 11.3 Å². The van der Waals surface area contributed by atoms with Crippen molar-refractivity contribution in [3.63, 3.8) is 0 Å². The summed E-state index contributed by atoms with van der Waals surface area (Å²) in [5.74, 6) is 0. The zero-order valence-electron chi connectivity index (χ0n) is 10.6. The molecular formula is C11H19N3O2S2. The Balaban J connectivity index is 2.12. The number of hydrogen-bond donors (Lipinski definition) is 2. The smallest absolute Gasteiger partial charge is 0.215 e. The van der Waals surface area contributed by atoms with Crippen LogP contribution >= 0.6 is 11.3 Å². The monoisotopic (exact) mass is 289 g/mol. The Morgan fingerprint density at radius 2 is 2.11 bits per heavy atom. The lowest BCUT2D eigenvalue weighted by molar-refractivity contribution is 0.443. The van der Waals surface area contributed by atoms with Gasteiger partial charge < -0.3 is 5.32 Å². The first-order chi connectivity index (χ1) is 8.42. The van der Waals surface area contributed by atoms with E-state index in [1.165, 1.54) is 11.3 Å². The molecule has 2 heterocycles. The maximum atomic E-state index is 12.3. The minimum atomic E-state index is -3.29. The highest BCUT2D eigenvalue weighted by Gasteiger charge is 2.34. The summed E-state index contributed by atoms with van der Waals surface area (Å²) < 4.78 is 27.5. The Hall–Kier alpha value is -0.500. The summed E-state index contributed by atoms with van der Waals surface area (Å²) in [5, 5.41) is 5.53. The van der Waals surface area contributed by atoms with Crippen LogP contribution in [0.5, 0.6) is 0 Å². The molecular weight excluding hydrogens is 270 g/mol. The van der Waals surface area contributed by atoms with Crippen LogP contribution in [0.1, 0.15) is 31.7 Å². The minimum Gasteiger partial charge on any atom is -0.317 e. The summed E-state index contributed by atoms with van der Waals surface area (Å²) in [7, 11) is -3.29. The molecule has 0 spiro atoms. The normalized spacial score (nSPS) is 19.0. The van der Waals surface area contributed by atoms with E-state index in [1.807, 2.05) is 19.2 Å². The molecule has 0 aromatic carbocycles. The number of sulfonamides is 1. The average molecular weight is 289 g/mol. The van der Waals surface area contributed by atoms with E-state index in [0.29, 0.717) is 12.8 Å².